The van der Waals surface area contributed by atoms with Crippen molar-refractivity contribution in [2.24, 2.45) is 0 Å². The summed E-state index contributed by atoms with van der Waals surface area (Å²) in [6, 6.07) is 4.29. The summed E-state index contributed by atoms with van der Waals surface area (Å²) in [5.41, 5.74) is 8.76. The van der Waals surface area contributed by atoms with Gasteiger partial charge in [-0.05, 0) is 41.5 Å². The normalized spacial score (nSPS) is 23.6. The maximum atomic E-state index is 5.84. The molecule has 1 aliphatic carbocycles. The molecular formula is C12H16N4OS. The van der Waals surface area contributed by atoms with Gasteiger partial charge in [-0.2, -0.15) is 11.8 Å². The molecule has 18 heavy (non-hydrogen) atoms. The molecule has 5 nitrogen and oxygen atoms in total. The highest BCUT2D eigenvalue weighted by atomic mass is 32.2. The average molecular weight is 264 g/mol. The number of hydrogen-bond donors (Lipinski definition) is 2. The third-order valence-electron chi connectivity index (χ3n) is 3.54. The topological polar surface area (TPSA) is 77.0 Å². The number of anilines is 2. The zero-order valence-corrected chi connectivity index (χ0v) is 11.0. The van der Waals surface area contributed by atoms with Crippen molar-refractivity contribution < 1.29 is 4.63 Å². The number of aromatic nitrogens is 2. The molecule has 0 amide bonds. The number of thioether (sulfide) groups is 1. The van der Waals surface area contributed by atoms with Gasteiger partial charge < -0.3 is 11.1 Å². The summed E-state index contributed by atoms with van der Waals surface area (Å²) < 4.78 is 4.78. The van der Waals surface area contributed by atoms with Crippen molar-refractivity contribution in [3.8, 4) is 0 Å². The van der Waals surface area contributed by atoms with Crippen molar-refractivity contribution in [2.45, 2.75) is 30.6 Å². The fraction of sp³-hybridized carbons (Fsp3) is 0.500. The van der Waals surface area contributed by atoms with Gasteiger partial charge in [0.15, 0.2) is 11.0 Å². The number of fused-ring (bicyclic) bond motifs is 1. The van der Waals surface area contributed by atoms with Gasteiger partial charge in [-0.1, -0.05) is 6.42 Å². The van der Waals surface area contributed by atoms with Crippen LogP contribution >= 0.6 is 11.8 Å². The Bertz CT molecular complexity index is 556. The number of benzene rings is 1. The molecule has 1 aliphatic rings. The number of rotatable bonds is 3. The van der Waals surface area contributed by atoms with Gasteiger partial charge in [-0.3, -0.25) is 0 Å². The van der Waals surface area contributed by atoms with Gasteiger partial charge in [0, 0.05) is 11.3 Å². The van der Waals surface area contributed by atoms with E-state index in [2.05, 4.69) is 21.9 Å². The minimum atomic E-state index is 0.489. The Kier molecular flexibility index (Phi) is 3.03. The summed E-state index contributed by atoms with van der Waals surface area (Å²) in [6.45, 7) is 0. The average Bonchev–Trinajstić information content (AvgIpc) is 3.01. The zero-order valence-electron chi connectivity index (χ0n) is 10.2. The lowest BCUT2D eigenvalue weighted by atomic mass is 10.2. The number of nitrogens with one attached hydrogen (secondary N) is 1. The SMILES string of the molecule is CSC1CCCC1Nc1ccc(N)c2nonc12. The number of nitrogens with zero attached hydrogens (tertiary/aromatic N) is 2. The first kappa shape index (κ1) is 11.6. The molecule has 1 fully saturated rings. The first-order chi connectivity index (χ1) is 8.79. The van der Waals surface area contributed by atoms with Crippen LogP contribution in [0.5, 0.6) is 0 Å². The van der Waals surface area contributed by atoms with E-state index in [1.807, 2.05) is 23.9 Å². The van der Waals surface area contributed by atoms with E-state index in [1.54, 1.807) is 0 Å². The second-order valence-corrected chi connectivity index (χ2v) is 5.70. The lowest BCUT2D eigenvalue weighted by Crippen LogP contribution is -2.25. The molecule has 96 valence electrons. The van der Waals surface area contributed by atoms with E-state index in [0.29, 0.717) is 22.5 Å². The minimum Gasteiger partial charge on any atom is -0.397 e. The van der Waals surface area contributed by atoms with Crippen LogP contribution in [0.1, 0.15) is 19.3 Å². The van der Waals surface area contributed by atoms with Crippen molar-refractivity contribution in [3.05, 3.63) is 12.1 Å². The van der Waals surface area contributed by atoms with Crippen LogP contribution in [-0.2, 0) is 0 Å². The molecule has 2 unspecified atom stereocenters. The summed E-state index contributed by atoms with van der Waals surface area (Å²) in [7, 11) is 0. The Morgan fingerprint density at radius 2 is 2.17 bits per heavy atom. The predicted molar refractivity (Wildman–Crippen MR) is 74.8 cm³/mol. The van der Waals surface area contributed by atoms with E-state index in [-0.39, 0.29) is 0 Å². The van der Waals surface area contributed by atoms with E-state index in [1.165, 1.54) is 19.3 Å². The molecule has 0 aliphatic heterocycles. The van der Waals surface area contributed by atoms with Crippen molar-refractivity contribution in [1.29, 1.82) is 0 Å². The number of nitrogens with two attached hydrogens (primary N) is 1. The Morgan fingerprint density at radius 1 is 1.33 bits per heavy atom. The molecule has 0 spiro atoms. The fourth-order valence-corrected chi connectivity index (χ4v) is 3.51. The monoisotopic (exact) mass is 264 g/mol. The highest BCUT2D eigenvalue weighted by Gasteiger charge is 2.27. The van der Waals surface area contributed by atoms with Gasteiger partial charge in [-0.25, -0.2) is 4.63 Å². The Balaban J connectivity index is 1.91. The molecule has 0 saturated heterocycles. The molecule has 1 saturated carbocycles. The van der Waals surface area contributed by atoms with Gasteiger partial charge in [-0.15, -0.1) is 0 Å². The zero-order chi connectivity index (χ0) is 12.5. The fourth-order valence-electron chi connectivity index (χ4n) is 2.58. The third-order valence-corrected chi connectivity index (χ3v) is 4.71. The van der Waals surface area contributed by atoms with Crippen molar-refractivity contribution in [2.75, 3.05) is 17.3 Å². The van der Waals surface area contributed by atoms with Gasteiger partial charge >= 0.3 is 0 Å². The Morgan fingerprint density at radius 3 is 3.00 bits per heavy atom. The molecule has 1 heterocycles. The van der Waals surface area contributed by atoms with Gasteiger partial charge in [0.2, 0.25) is 0 Å². The minimum absolute atomic E-state index is 0.489. The quantitative estimate of drug-likeness (QED) is 0.829. The molecular weight excluding hydrogens is 248 g/mol. The molecule has 1 aromatic heterocycles. The summed E-state index contributed by atoms with van der Waals surface area (Å²) in [5.74, 6) is 0. The molecule has 3 rings (SSSR count). The third kappa shape index (κ3) is 1.90. The molecule has 1 aromatic carbocycles. The lowest BCUT2D eigenvalue weighted by Gasteiger charge is -2.20. The van der Waals surface area contributed by atoms with Gasteiger partial charge in [0.1, 0.15) is 0 Å². The Hall–Kier alpha value is -1.43. The van der Waals surface area contributed by atoms with Crippen LogP contribution in [0.2, 0.25) is 0 Å². The summed E-state index contributed by atoms with van der Waals surface area (Å²) in [4.78, 5) is 0. The second kappa shape index (κ2) is 4.68. The van der Waals surface area contributed by atoms with E-state index in [4.69, 9.17) is 10.4 Å². The predicted octanol–water partition coefficient (Wildman–Crippen LogP) is 2.50. The lowest BCUT2D eigenvalue weighted by molar-refractivity contribution is 0.315. The second-order valence-electron chi connectivity index (χ2n) is 4.62. The van der Waals surface area contributed by atoms with Crippen molar-refractivity contribution in [1.82, 2.24) is 10.3 Å². The highest BCUT2D eigenvalue weighted by molar-refractivity contribution is 7.99. The molecule has 0 radical (unpaired) electrons. The highest BCUT2D eigenvalue weighted by Crippen LogP contribution is 2.33. The van der Waals surface area contributed by atoms with Crippen LogP contribution < -0.4 is 11.1 Å². The first-order valence-corrected chi connectivity index (χ1v) is 7.38. The van der Waals surface area contributed by atoms with E-state index >= 15 is 0 Å². The maximum Gasteiger partial charge on any atom is 0.160 e. The van der Waals surface area contributed by atoms with Crippen LogP contribution in [0.4, 0.5) is 11.4 Å². The summed E-state index contributed by atoms with van der Waals surface area (Å²) >= 11 is 1.92. The smallest absolute Gasteiger partial charge is 0.160 e. The molecule has 0 bridgehead atoms. The van der Waals surface area contributed by atoms with E-state index in [9.17, 15) is 0 Å². The van der Waals surface area contributed by atoms with Crippen LogP contribution in [0.15, 0.2) is 16.8 Å². The van der Waals surface area contributed by atoms with Crippen LogP contribution in [0, 0.1) is 0 Å². The number of nitrogen functional groups attached to an aromatic ring is 1. The van der Waals surface area contributed by atoms with Crippen molar-refractivity contribution >= 4 is 34.2 Å². The Labute approximate surface area is 109 Å². The standard InChI is InChI=1S/C12H16N4OS/c1-18-10-4-2-3-8(10)14-9-6-5-7(13)11-12(9)16-17-15-11/h5-6,8,10,14H,2-4,13H2,1H3. The molecule has 6 heteroatoms. The van der Waals surface area contributed by atoms with E-state index < -0.39 is 0 Å². The van der Waals surface area contributed by atoms with Gasteiger partial charge in [0.05, 0.1) is 11.4 Å². The largest absolute Gasteiger partial charge is 0.397 e. The summed E-state index contributed by atoms with van der Waals surface area (Å²) in [5, 5.41) is 12.0. The number of hydrogen-bond acceptors (Lipinski definition) is 6. The first-order valence-electron chi connectivity index (χ1n) is 6.09. The van der Waals surface area contributed by atoms with Gasteiger partial charge in [0.25, 0.3) is 0 Å². The molecule has 2 atom stereocenters. The van der Waals surface area contributed by atoms with Crippen molar-refractivity contribution in [3.63, 3.8) is 0 Å². The van der Waals surface area contributed by atoms with Crippen LogP contribution in [0.25, 0.3) is 11.0 Å². The van der Waals surface area contributed by atoms with Crippen LogP contribution in [0.3, 0.4) is 0 Å². The molecule has 2 aromatic rings. The molecule has 3 N–H and O–H groups in total. The van der Waals surface area contributed by atoms with E-state index in [0.717, 1.165) is 11.2 Å². The van der Waals surface area contributed by atoms with Crippen LogP contribution in [-0.4, -0.2) is 27.9 Å². The summed E-state index contributed by atoms with van der Waals surface area (Å²) in [6.07, 6.45) is 5.91. The maximum absolute atomic E-state index is 5.84.